The lowest BCUT2D eigenvalue weighted by molar-refractivity contribution is 0.0869. The number of nitrogens with zero attached hydrogens (tertiary/aromatic N) is 2. The van der Waals surface area contributed by atoms with Gasteiger partial charge in [0.1, 0.15) is 22.7 Å². The average Bonchev–Trinajstić information content (AvgIpc) is 3.31. The Labute approximate surface area is 162 Å². The molecule has 1 amide bonds. The summed E-state index contributed by atoms with van der Waals surface area (Å²) < 4.78 is 25.1. The molecule has 2 N–H and O–H groups in total. The largest absolute Gasteiger partial charge is 0.507 e. The third kappa shape index (κ3) is 3.61. The molecular weight excluding hydrogens is 365 g/mol. The lowest BCUT2D eigenvalue weighted by atomic mass is 9.88. The summed E-state index contributed by atoms with van der Waals surface area (Å²) in [6.45, 7) is 1.21. The molecule has 28 heavy (non-hydrogen) atoms. The Morgan fingerprint density at radius 1 is 1.25 bits per heavy atom. The van der Waals surface area contributed by atoms with Crippen molar-refractivity contribution < 1.29 is 23.6 Å². The second kappa shape index (κ2) is 7.87. The fraction of sp³-hybridized carbons (Fsp3) is 0.550. The number of amides is 1. The highest BCUT2D eigenvalue weighted by Crippen LogP contribution is 2.36. The quantitative estimate of drug-likeness (QED) is 0.778. The molecule has 150 valence electrons. The van der Waals surface area contributed by atoms with Gasteiger partial charge in [0.25, 0.3) is 5.91 Å². The van der Waals surface area contributed by atoms with Gasteiger partial charge in [-0.2, -0.15) is 4.98 Å². The monoisotopic (exact) mass is 389 g/mol. The zero-order chi connectivity index (χ0) is 19.6. The SMILES string of the molecule is O=C(NC1(c2noc([C@H]3CCOC3)n2)CCCCCC1)c1c(O)cccc1F. The van der Waals surface area contributed by atoms with E-state index in [2.05, 4.69) is 15.5 Å². The van der Waals surface area contributed by atoms with Gasteiger partial charge in [0.2, 0.25) is 5.89 Å². The van der Waals surface area contributed by atoms with Crippen molar-refractivity contribution in [1.29, 1.82) is 0 Å². The summed E-state index contributed by atoms with van der Waals surface area (Å²) in [7, 11) is 0. The molecule has 2 fully saturated rings. The smallest absolute Gasteiger partial charge is 0.258 e. The molecule has 2 aromatic rings. The minimum atomic E-state index is -0.844. The number of carbonyl (C=O) groups excluding carboxylic acids is 1. The number of nitrogens with one attached hydrogen (secondary N) is 1. The number of aromatic hydroxyl groups is 1. The van der Waals surface area contributed by atoms with Crippen molar-refractivity contribution in [3.8, 4) is 5.75 Å². The molecule has 0 unspecified atom stereocenters. The summed E-state index contributed by atoms with van der Waals surface area (Å²) in [5.74, 6) is -0.834. The van der Waals surface area contributed by atoms with E-state index in [1.165, 1.54) is 12.1 Å². The second-order valence-corrected chi connectivity index (χ2v) is 7.60. The summed E-state index contributed by atoms with van der Waals surface area (Å²) in [5, 5.41) is 17.1. The van der Waals surface area contributed by atoms with Crippen LogP contribution in [0.3, 0.4) is 0 Å². The molecule has 1 saturated carbocycles. The van der Waals surface area contributed by atoms with E-state index >= 15 is 0 Å². The first-order valence-corrected chi connectivity index (χ1v) is 9.81. The molecule has 1 aliphatic heterocycles. The Morgan fingerprint density at radius 3 is 2.71 bits per heavy atom. The normalized spacial score (nSPS) is 22.0. The Kier molecular flexibility index (Phi) is 5.30. The molecule has 1 aromatic carbocycles. The van der Waals surface area contributed by atoms with Crippen LogP contribution in [-0.2, 0) is 10.3 Å². The zero-order valence-corrected chi connectivity index (χ0v) is 15.6. The topological polar surface area (TPSA) is 97.5 Å². The van der Waals surface area contributed by atoms with Gasteiger partial charge in [-0.25, -0.2) is 4.39 Å². The molecule has 2 heterocycles. The van der Waals surface area contributed by atoms with Crippen LogP contribution in [0.1, 0.15) is 72.9 Å². The van der Waals surface area contributed by atoms with Crippen LogP contribution >= 0.6 is 0 Å². The third-order valence-electron chi connectivity index (χ3n) is 5.68. The summed E-state index contributed by atoms with van der Waals surface area (Å²) >= 11 is 0. The molecule has 0 bridgehead atoms. The maximum atomic E-state index is 14.2. The minimum Gasteiger partial charge on any atom is -0.507 e. The van der Waals surface area contributed by atoms with Gasteiger partial charge < -0.3 is 19.7 Å². The van der Waals surface area contributed by atoms with E-state index in [1.807, 2.05) is 0 Å². The summed E-state index contributed by atoms with van der Waals surface area (Å²) in [6.07, 6.45) is 5.96. The van der Waals surface area contributed by atoms with Crippen LogP contribution in [0.5, 0.6) is 5.75 Å². The number of ether oxygens (including phenoxy) is 1. The fourth-order valence-electron chi connectivity index (χ4n) is 4.08. The summed E-state index contributed by atoms with van der Waals surface area (Å²) in [6, 6.07) is 3.81. The van der Waals surface area contributed by atoms with Crippen molar-refractivity contribution in [3.63, 3.8) is 0 Å². The minimum absolute atomic E-state index is 0.0652. The summed E-state index contributed by atoms with van der Waals surface area (Å²) in [5.41, 5.74) is -1.21. The molecule has 8 heteroatoms. The Bertz CT molecular complexity index is 819. The molecule has 1 aromatic heterocycles. The summed E-state index contributed by atoms with van der Waals surface area (Å²) in [4.78, 5) is 17.5. The lowest BCUT2D eigenvalue weighted by Gasteiger charge is -2.31. The van der Waals surface area contributed by atoms with Crippen LogP contribution in [0.2, 0.25) is 0 Å². The standard InChI is InChI=1S/C20H24FN3O4/c21-14-6-5-7-15(25)16(14)17(26)23-20(9-3-1-2-4-10-20)19-22-18(28-24-19)13-8-11-27-12-13/h5-7,13,25H,1-4,8-12H2,(H,23,26)/t13-/m0/s1. The van der Waals surface area contributed by atoms with Gasteiger partial charge in [-0.15, -0.1) is 0 Å². The Morgan fingerprint density at radius 2 is 2.04 bits per heavy atom. The number of phenolic OH excluding ortho intramolecular Hbond substituents is 1. The van der Waals surface area contributed by atoms with Crippen molar-refractivity contribution in [2.45, 2.75) is 56.4 Å². The van der Waals surface area contributed by atoms with E-state index in [0.29, 0.717) is 37.8 Å². The van der Waals surface area contributed by atoms with Gasteiger partial charge in [0, 0.05) is 6.61 Å². The predicted molar refractivity (Wildman–Crippen MR) is 97.4 cm³/mol. The first-order valence-electron chi connectivity index (χ1n) is 9.81. The highest BCUT2D eigenvalue weighted by molar-refractivity contribution is 5.97. The molecule has 1 aliphatic carbocycles. The van der Waals surface area contributed by atoms with Crippen molar-refractivity contribution in [1.82, 2.24) is 15.5 Å². The number of hydrogen-bond donors (Lipinski definition) is 2. The van der Waals surface area contributed by atoms with Crippen molar-refractivity contribution in [2.24, 2.45) is 0 Å². The van der Waals surface area contributed by atoms with E-state index in [9.17, 15) is 14.3 Å². The predicted octanol–water partition coefficient (Wildman–Crippen LogP) is 3.40. The first kappa shape index (κ1) is 18.9. The van der Waals surface area contributed by atoms with Gasteiger partial charge >= 0.3 is 0 Å². The molecule has 1 saturated heterocycles. The molecule has 2 aliphatic rings. The van der Waals surface area contributed by atoms with Gasteiger partial charge in [0.15, 0.2) is 5.82 Å². The van der Waals surface area contributed by atoms with E-state index in [0.717, 1.165) is 38.2 Å². The maximum absolute atomic E-state index is 14.2. The fourth-order valence-corrected chi connectivity index (χ4v) is 4.08. The number of hydrogen-bond acceptors (Lipinski definition) is 6. The van der Waals surface area contributed by atoms with Crippen LogP contribution in [0.25, 0.3) is 0 Å². The molecule has 1 atom stereocenters. The molecular formula is C20H24FN3O4. The molecule has 0 spiro atoms. The average molecular weight is 389 g/mol. The van der Waals surface area contributed by atoms with Crippen LogP contribution in [0.4, 0.5) is 4.39 Å². The number of benzene rings is 1. The van der Waals surface area contributed by atoms with Gasteiger partial charge in [-0.3, -0.25) is 4.79 Å². The zero-order valence-electron chi connectivity index (χ0n) is 15.6. The number of phenols is 1. The third-order valence-corrected chi connectivity index (χ3v) is 5.68. The second-order valence-electron chi connectivity index (χ2n) is 7.60. The van der Waals surface area contributed by atoms with Crippen LogP contribution in [-0.4, -0.2) is 34.4 Å². The molecule has 4 rings (SSSR count). The number of carbonyl (C=O) groups is 1. The van der Waals surface area contributed by atoms with Gasteiger partial charge in [-0.1, -0.05) is 36.9 Å². The Hall–Kier alpha value is -2.48. The van der Waals surface area contributed by atoms with Crippen LogP contribution < -0.4 is 5.32 Å². The van der Waals surface area contributed by atoms with Crippen molar-refractivity contribution >= 4 is 5.91 Å². The number of halogens is 1. The van der Waals surface area contributed by atoms with E-state index in [4.69, 9.17) is 9.26 Å². The van der Waals surface area contributed by atoms with Crippen LogP contribution in [0.15, 0.2) is 22.7 Å². The number of aromatic nitrogens is 2. The van der Waals surface area contributed by atoms with Crippen molar-refractivity contribution in [3.05, 3.63) is 41.3 Å². The highest BCUT2D eigenvalue weighted by atomic mass is 19.1. The van der Waals surface area contributed by atoms with Gasteiger partial charge in [0.05, 0.1) is 12.5 Å². The van der Waals surface area contributed by atoms with Gasteiger partial charge in [-0.05, 0) is 31.4 Å². The lowest BCUT2D eigenvalue weighted by Crippen LogP contribution is -2.46. The first-order chi connectivity index (χ1) is 13.6. The molecule has 0 radical (unpaired) electrons. The van der Waals surface area contributed by atoms with E-state index < -0.39 is 23.0 Å². The van der Waals surface area contributed by atoms with Crippen LogP contribution in [0, 0.1) is 5.82 Å². The Balaban J connectivity index is 1.66. The molecule has 7 nitrogen and oxygen atoms in total. The maximum Gasteiger partial charge on any atom is 0.258 e. The van der Waals surface area contributed by atoms with Crippen molar-refractivity contribution in [2.75, 3.05) is 13.2 Å². The highest BCUT2D eigenvalue weighted by Gasteiger charge is 2.40. The van der Waals surface area contributed by atoms with E-state index in [-0.39, 0.29) is 11.5 Å². The number of rotatable bonds is 4. The van der Waals surface area contributed by atoms with E-state index in [1.54, 1.807) is 0 Å².